The highest BCUT2D eigenvalue weighted by Gasteiger charge is 2.01. The second-order valence-corrected chi connectivity index (χ2v) is 5.94. The lowest BCUT2D eigenvalue weighted by atomic mass is 10.2. The summed E-state index contributed by atoms with van der Waals surface area (Å²) in [4.78, 5) is 0. The summed E-state index contributed by atoms with van der Waals surface area (Å²) in [5.41, 5.74) is 1.32. The maximum atomic E-state index is 3.54. The van der Waals surface area contributed by atoms with Crippen LogP contribution < -0.4 is 5.32 Å². The number of benzene rings is 1. The monoisotopic (exact) mass is 308 g/mol. The van der Waals surface area contributed by atoms with E-state index in [0.717, 1.165) is 17.6 Å². The molecule has 18 heavy (non-hydrogen) atoms. The van der Waals surface area contributed by atoms with Crippen LogP contribution in [0.2, 0.25) is 0 Å². The van der Waals surface area contributed by atoms with Gasteiger partial charge in [0.25, 0.3) is 0 Å². The molecule has 0 amide bonds. The van der Waals surface area contributed by atoms with E-state index in [-0.39, 0.29) is 0 Å². The van der Waals surface area contributed by atoms with Crippen molar-refractivity contribution >= 4 is 26.8 Å². The highest BCUT2D eigenvalue weighted by Crippen LogP contribution is 2.21. The fourth-order valence-corrected chi connectivity index (χ4v) is 2.50. The minimum atomic E-state index is 0.591. The number of unbranched alkanes of at least 4 members (excludes halogenated alkanes) is 1. The molecule has 0 atom stereocenters. The molecule has 98 valence electrons. The smallest absolute Gasteiger partial charge is 0.0491 e. The molecule has 0 fully saturated rings. The van der Waals surface area contributed by atoms with E-state index < -0.39 is 0 Å². The standard InChI is InChI=1S/C15H21BrN2/c1-12(2)17-8-3-4-9-18-10-7-13-5-6-14(16)11-15(13)18/h5-7,10-12,17H,3-4,8-9H2,1-2H3. The van der Waals surface area contributed by atoms with Crippen LogP contribution in [0.5, 0.6) is 0 Å². The van der Waals surface area contributed by atoms with Crippen molar-refractivity contribution < 1.29 is 0 Å². The molecule has 2 nitrogen and oxygen atoms in total. The largest absolute Gasteiger partial charge is 0.347 e. The maximum Gasteiger partial charge on any atom is 0.0491 e. The molecule has 0 aliphatic heterocycles. The van der Waals surface area contributed by atoms with Crippen LogP contribution in [0.25, 0.3) is 10.9 Å². The van der Waals surface area contributed by atoms with Gasteiger partial charge in [-0.1, -0.05) is 35.8 Å². The predicted octanol–water partition coefficient (Wildman–Crippen LogP) is 4.18. The quantitative estimate of drug-likeness (QED) is 0.792. The third-order valence-corrected chi connectivity index (χ3v) is 3.61. The number of aromatic nitrogens is 1. The minimum Gasteiger partial charge on any atom is -0.347 e. The Hall–Kier alpha value is -0.800. The number of halogens is 1. The first kappa shape index (κ1) is 13.6. The van der Waals surface area contributed by atoms with Crippen molar-refractivity contribution in [1.29, 1.82) is 0 Å². The molecular formula is C15H21BrN2. The molecule has 3 heteroatoms. The van der Waals surface area contributed by atoms with Crippen LogP contribution in [-0.2, 0) is 6.54 Å². The molecule has 1 N–H and O–H groups in total. The zero-order valence-corrected chi connectivity index (χ0v) is 12.7. The fourth-order valence-electron chi connectivity index (χ4n) is 2.15. The average molecular weight is 309 g/mol. The lowest BCUT2D eigenvalue weighted by molar-refractivity contribution is 0.535. The van der Waals surface area contributed by atoms with Gasteiger partial charge in [-0.2, -0.15) is 0 Å². The lowest BCUT2D eigenvalue weighted by Gasteiger charge is -2.09. The van der Waals surface area contributed by atoms with Crippen molar-refractivity contribution in [3.63, 3.8) is 0 Å². The lowest BCUT2D eigenvalue weighted by Crippen LogP contribution is -2.23. The molecule has 0 bridgehead atoms. The molecule has 1 aromatic carbocycles. The molecule has 1 aromatic heterocycles. The Balaban J connectivity index is 1.89. The number of fused-ring (bicyclic) bond motifs is 1. The van der Waals surface area contributed by atoms with Crippen molar-refractivity contribution in [1.82, 2.24) is 9.88 Å². The van der Waals surface area contributed by atoms with E-state index in [2.05, 4.69) is 70.1 Å². The highest BCUT2D eigenvalue weighted by atomic mass is 79.9. The second-order valence-electron chi connectivity index (χ2n) is 5.03. The van der Waals surface area contributed by atoms with E-state index in [1.807, 2.05) is 0 Å². The summed E-state index contributed by atoms with van der Waals surface area (Å²) in [6.45, 7) is 6.59. The number of nitrogens with zero attached hydrogens (tertiary/aromatic N) is 1. The van der Waals surface area contributed by atoms with E-state index >= 15 is 0 Å². The minimum absolute atomic E-state index is 0.591. The van der Waals surface area contributed by atoms with Gasteiger partial charge in [-0.25, -0.2) is 0 Å². The Kier molecular flexibility index (Phi) is 4.84. The van der Waals surface area contributed by atoms with Gasteiger partial charge in [0.2, 0.25) is 0 Å². The van der Waals surface area contributed by atoms with Gasteiger partial charge in [-0.15, -0.1) is 0 Å². The van der Waals surface area contributed by atoms with Gasteiger partial charge in [-0.05, 0) is 43.0 Å². The number of rotatable bonds is 6. The molecule has 1 heterocycles. The van der Waals surface area contributed by atoms with Gasteiger partial charge in [0.1, 0.15) is 0 Å². The topological polar surface area (TPSA) is 17.0 Å². The molecular weight excluding hydrogens is 288 g/mol. The van der Waals surface area contributed by atoms with Gasteiger partial charge < -0.3 is 9.88 Å². The van der Waals surface area contributed by atoms with E-state index in [1.54, 1.807) is 0 Å². The molecule has 0 unspecified atom stereocenters. The van der Waals surface area contributed by atoms with Crippen LogP contribution in [0.1, 0.15) is 26.7 Å². The van der Waals surface area contributed by atoms with Crippen molar-refractivity contribution in [3.8, 4) is 0 Å². The van der Waals surface area contributed by atoms with Crippen molar-refractivity contribution in [2.45, 2.75) is 39.3 Å². The summed E-state index contributed by atoms with van der Waals surface area (Å²) in [6.07, 6.45) is 4.63. The first-order valence-corrected chi connectivity index (χ1v) is 7.44. The molecule has 0 aliphatic carbocycles. The molecule has 0 radical (unpaired) electrons. The van der Waals surface area contributed by atoms with Crippen LogP contribution in [0.4, 0.5) is 0 Å². The molecule has 0 aliphatic rings. The number of aryl methyl sites for hydroxylation is 1. The summed E-state index contributed by atoms with van der Waals surface area (Å²) in [5.74, 6) is 0. The molecule has 2 rings (SSSR count). The van der Waals surface area contributed by atoms with E-state index in [9.17, 15) is 0 Å². The molecule has 0 saturated carbocycles. The molecule has 0 saturated heterocycles. The van der Waals surface area contributed by atoms with Gasteiger partial charge >= 0.3 is 0 Å². The summed E-state index contributed by atoms with van der Waals surface area (Å²) in [5, 5.41) is 4.77. The van der Waals surface area contributed by atoms with Crippen LogP contribution in [0.15, 0.2) is 34.9 Å². The number of hydrogen-bond donors (Lipinski definition) is 1. The number of nitrogens with one attached hydrogen (secondary N) is 1. The van der Waals surface area contributed by atoms with Gasteiger partial charge in [-0.3, -0.25) is 0 Å². The Morgan fingerprint density at radius 2 is 2.06 bits per heavy atom. The zero-order chi connectivity index (χ0) is 13.0. The summed E-state index contributed by atoms with van der Waals surface area (Å²) < 4.78 is 3.49. The first-order valence-electron chi connectivity index (χ1n) is 6.64. The second kappa shape index (κ2) is 6.39. The SMILES string of the molecule is CC(C)NCCCCn1ccc2ccc(Br)cc21. The van der Waals surface area contributed by atoms with E-state index in [1.165, 1.54) is 23.7 Å². The van der Waals surface area contributed by atoms with Crippen molar-refractivity contribution in [2.75, 3.05) is 6.54 Å². The normalized spacial score (nSPS) is 11.6. The summed E-state index contributed by atoms with van der Waals surface area (Å²) >= 11 is 3.54. The Bertz CT molecular complexity index is 502. The number of hydrogen-bond acceptors (Lipinski definition) is 1. The zero-order valence-electron chi connectivity index (χ0n) is 11.1. The van der Waals surface area contributed by atoms with Crippen LogP contribution in [0, 0.1) is 0 Å². The molecule has 0 spiro atoms. The molecule has 2 aromatic rings. The van der Waals surface area contributed by atoms with E-state index in [0.29, 0.717) is 6.04 Å². The van der Waals surface area contributed by atoms with Gasteiger partial charge in [0.05, 0.1) is 0 Å². The van der Waals surface area contributed by atoms with Crippen LogP contribution in [0.3, 0.4) is 0 Å². The van der Waals surface area contributed by atoms with Crippen LogP contribution >= 0.6 is 15.9 Å². The third-order valence-electron chi connectivity index (χ3n) is 3.11. The summed E-state index contributed by atoms with van der Waals surface area (Å²) in [7, 11) is 0. The Labute approximate surface area is 118 Å². The summed E-state index contributed by atoms with van der Waals surface area (Å²) in [6, 6.07) is 9.24. The maximum absolute atomic E-state index is 3.54. The highest BCUT2D eigenvalue weighted by molar-refractivity contribution is 9.10. The van der Waals surface area contributed by atoms with Crippen molar-refractivity contribution in [3.05, 3.63) is 34.9 Å². The Morgan fingerprint density at radius 1 is 1.22 bits per heavy atom. The van der Waals surface area contributed by atoms with Gasteiger partial charge in [0.15, 0.2) is 0 Å². The average Bonchev–Trinajstić information content (AvgIpc) is 2.71. The first-order chi connectivity index (χ1) is 8.66. The third kappa shape index (κ3) is 3.59. The van der Waals surface area contributed by atoms with Gasteiger partial charge in [0, 0.05) is 28.8 Å². The van der Waals surface area contributed by atoms with Crippen molar-refractivity contribution in [2.24, 2.45) is 0 Å². The van der Waals surface area contributed by atoms with E-state index in [4.69, 9.17) is 0 Å². The fraction of sp³-hybridized carbons (Fsp3) is 0.467. The predicted molar refractivity (Wildman–Crippen MR) is 82.0 cm³/mol. The van der Waals surface area contributed by atoms with Crippen LogP contribution in [-0.4, -0.2) is 17.2 Å². The Morgan fingerprint density at radius 3 is 2.83 bits per heavy atom.